The van der Waals surface area contributed by atoms with Crippen molar-refractivity contribution >= 4 is 31.5 Å². The first kappa shape index (κ1) is 15.1. The summed E-state index contributed by atoms with van der Waals surface area (Å²) >= 11 is 1.37. The molecular formula is C11H15BFN3O3S. The van der Waals surface area contributed by atoms with E-state index >= 15 is 0 Å². The van der Waals surface area contributed by atoms with Crippen molar-refractivity contribution in [2.75, 3.05) is 11.9 Å². The van der Waals surface area contributed by atoms with Gasteiger partial charge in [-0.15, -0.1) is 11.8 Å². The van der Waals surface area contributed by atoms with Crippen molar-refractivity contribution < 1.29 is 13.8 Å². The minimum absolute atomic E-state index is 0.0296. The Labute approximate surface area is 120 Å². The van der Waals surface area contributed by atoms with Gasteiger partial charge < -0.3 is 9.97 Å². The second kappa shape index (κ2) is 6.40. The van der Waals surface area contributed by atoms with E-state index in [0.717, 1.165) is 0 Å². The molecule has 1 aliphatic rings. The molecule has 1 aliphatic heterocycles. The third-order valence-electron chi connectivity index (χ3n) is 2.89. The maximum absolute atomic E-state index is 14.0. The summed E-state index contributed by atoms with van der Waals surface area (Å²) in [6.07, 6.45) is 0.689. The third-order valence-corrected chi connectivity index (χ3v) is 4.40. The molecule has 2 heterocycles. The summed E-state index contributed by atoms with van der Waals surface area (Å²) in [5.41, 5.74) is -0.575. The van der Waals surface area contributed by atoms with E-state index in [1.165, 1.54) is 35.5 Å². The first-order valence-corrected chi connectivity index (χ1v) is 7.10. The van der Waals surface area contributed by atoms with Crippen LogP contribution in [0.3, 0.4) is 0 Å². The van der Waals surface area contributed by atoms with Gasteiger partial charge >= 0.3 is 5.69 Å². The summed E-state index contributed by atoms with van der Waals surface area (Å²) in [6, 6.07) is 1.49. The summed E-state index contributed by atoms with van der Waals surface area (Å²) in [5, 5.41) is 1.85. The van der Waals surface area contributed by atoms with Gasteiger partial charge in [0, 0.05) is 25.0 Å². The highest BCUT2D eigenvalue weighted by Gasteiger charge is 2.36. The molecule has 108 valence electrons. The number of carbonyl (C=O) groups excluding carboxylic acids is 1. The van der Waals surface area contributed by atoms with Gasteiger partial charge in [0.1, 0.15) is 17.4 Å². The van der Waals surface area contributed by atoms with E-state index in [1.807, 2.05) is 0 Å². The van der Waals surface area contributed by atoms with E-state index in [-0.39, 0.29) is 17.0 Å². The van der Waals surface area contributed by atoms with E-state index in [0.29, 0.717) is 13.0 Å². The molecule has 0 saturated carbocycles. The molecule has 1 fully saturated rings. The molecule has 6 nitrogen and oxygen atoms in total. The van der Waals surface area contributed by atoms with Gasteiger partial charge in [-0.2, -0.15) is 4.98 Å². The van der Waals surface area contributed by atoms with Crippen LogP contribution >= 0.6 is 11.8 Å². The Morgan fingerprint density at radius 1 is 1.75 bits per heavy atom. The quantitative estimate of drug-likeness (QED) is 0.799. The molecule has 3 atom stereocenters. The van der Waals surface area contributed by atoms with Crippen LogP contribution in [0.15, 0.2) is 17.1 Å². The van der Waals surface area contributed by atoms with E-state index in [9.17, 15) is 14.0 Å². The molecule has 0 aromatic carbocycles. The van der Waals surface area contributed by atoms with Gasteiger partial charge in [-0.1, -0.05) is 0 Å². The molecule has 1 N–H and O–H groups in total. The highest BCUT2D eigenvalue weighted by molar-refractivity contribution is 8.00. The highest BCUT2D eigenvalue weighted by atomic mass is 32.2. The lowest BCUT2D eigenvalue weighted by Crippen LogP contribution is -2.28. The molecule has 0 unspecified atom stereocenters. The number of alkyl halides is 1. The normalized spacial score (nSPS) is 25.6. The lowest BCUT2D eigenvalue weighted by atomic mass is 10.2. The van der Waals surface area contributed by atoms with Crippen LogP contribution in [0.5, 0.6) is 0 Å². The van der Waals surface area contributed by atoms with Gasteiger partial charge in [0.25, 0.3) is 8.05 Å². The predicted molar refractivity (Wildman–Crippen MR) is 77.2 cm³/mol. The van der Waals surface area contributed by atoms with Crippen molar-refractivity contribution in [1.29, 1.82) is 0 Å². The number of hydrogen-bond acceptors (Lipinski definition) is 5. The number of anilines is 1. The SMILES string of the molecule is BOC[C@@H]1C[C@H](F)[C@H](n2ccc(NC(C)=O)nc2=O)S1. The number of carbonyl (C=O) groups is 1. The van der Waals surface area contributed by atoms with Crippen LogP contribution in [0.1, 0.15) is 18.7 Å². The summed E-state index contributed by atoms with van der Waals surface area (Å²) in [6.45, 7) is 1.78. The van der Waals surface area contributed by atoms with Crippen LogP contribution in [-0.2, 0) is 9.45 Å². The van der Waals surface area contributed by atoms with Crippen LogP contribution in [0.2, 0.25) is 0 Å². The summed E-state index contributed by atoms with van der Waals surface area (Å²) in [5.74, 6) is -0.140. The zero-order valence-corrected chi connectivity index (χ0v) is 12.0. The van der Waals surface area contributed by atoms with Gasteiger partial charge in [0.15, 0.2) is 0 Å². The standard InChI is InChI=1S/C11H15BFN3O3S/c1-6(17)14-9-2-3-16(11(18)15-9)10-8(13)4-7(20-10)5-19-12/h2-3,7-8,10H,4-5,12H2,1H3,(H,14,15,17,18)/t7-,8-,10+/m0/s1. The lowest BCUT2D eigenvalue weighted by molar-refractivity contribution is -0.114. The lowest BCUT2D eigenvalue weighted by Gasteiger charge is -2.15. The van der Waals surface area contributed by atoms with Crippen LogP contribution < -0.4 is 11.0 Å². The molecule has 9 heteroatoms. The maximum atomic E-state index is 14.0. The number of nitrogens with one attached hydrogen (secondary N) is 1. The molecule has 1 aromatic heterocycles. The van der Waals surface area contributed by atoms with E-state index in [1.54, 1.807) is 8.05 Å². The van der Waals surface area contributed by atoms with E-state index in [2.05, 4.69) is 10.3 Å². The van der Waals surface area contributed by atoms with Crippen molar-refractivity contribution in [3.8, 4) is 0 Å². The number of halogens is 1. The largest absolute Gasteiger partial charge is 0.443 e. The predicted octanol–water partition coefficient (Wildman–Crippen LogP) is 0.109. The molecule has 0 spiro atoms. The average Bonchev–Trinajstić information content (AvgIpc) is 2.70. The van der Waals surface area contributed by atoms with Gasteiger partial charge in [-0.05, 0) is 12.5 Å². The first-order valence-electron chi connectivity index (χ1n) is 6.16. The minimum Gasteiger partial charge on any atom is -0.443 e. The third kappa shape index (κ3) is 3.40. The Bertz CT molecular complexity index is 556. The molecule has 0 aliphatic carbocycles. The number of hydrogen-bond donors (Lipinski definition) is 1. The van der Waals surface area contributed by atoms with Crippen LogP contribution in [0.25, 0.3) is 0 Å². The number of aromatic nitrogens is 2. The van der Waals surface area contributed by atoms with Gasteiger partial charge in [0.2, 0.25) is 5.91 Å². The fourth-order valence-electron chi connectivity index (χ4n) is 2.09. The highest BCUT2D eigenvalue weighted by Crippen LogP contribution is 2.42. The summed E-state index contributed by atoms with van der Waals surface area (Å²) in [7, 11) is 1.57. The molecule has 0 bridgehead atoms. The second-order valence-electron chi connectivity index (χ2n) is 4.54. The Kier molecular flexibility index (Phi) is 4.82. The molecule has 1 aromatic rings. The van der Waals surface area contributed by atoms with E-state index in [4.69, 9.17) is 4.65 Å². The minimum atomic E-state index is -1.12. The van der Waals surface area contributed by atoms with Gasteiger partial charge in [-0.3, -0.25) is 9.36 Å². The van der Waals surface area contributed by atoms with Crippen molar-refractivity contribution in [1.82, 2.24) is 9.55 Å². The average molecular weight is 299 g/mol. The summed E-state index contributed by atoms with van der Waals surface area (Å²) in [4.78, 5) is 26.5. The van der Waals surface area contributed by atoms with Gasteiger partial charge in [-0.25, -0.2) is 9.18 Å². The molecule has 20 heavy (non-hydrogen) atoms. The van der Waals surface area contributed by atoms with E-state index < -0.39 is 17.2 Å². The summed E-state index contributed by atoms with van der Waals surface area (Å²) < 4.78 is 20.3. The molecular weight excluding hydrogens is 284 g/mol. The molecule has 0 radical (unpaired) electrons. The molecule has 2 rings (SSSR count). The van der Waals surface area contributed by atoms with Gasteiger partial charge in [0.05, 0.1) is 0 Å². The number of nitrogens with zero attached hydrogens (tertiary/aromatic N) is 2. The Hall–Kier alpha value is -1.35. The van der Waals surface area contributed by atoms with Crippen LogP contribution in [0.4, 0.5) is 10.2 Å². The van der Waals surface area contributed by atoms with Crippen molar-refractivity contribution in [2.24, 2.45) is 0 Å². The Morgan fingerprint density at radius 2 is 2.50 bits per heavy atom. The molecule has 1 saturated heterocycles. The fraction of sp³-hybridized carbons (Fsp3) is 0.545. The first-order chi connectivity index (χ1) is 9.51. The van der Waals surface area contributed by atoms with Crippen molar-refractivity contribution in [2.45, 2.75) is 30.1 Å². The maximum Gasteiger partial charge on any atom is 0.350 e. The molecule has 1 amide bonds. The fourth-order valence-corrected chi connectivity index (χ4v) is 3.57. The smallest absolute Gasteiger partial charge is 0.350 e. The van der Waals surface area contributed by atoms with Crippen LogP contribution in [-0.4, -0.2) is 41.5 Å². The topological polar surface area (TPSA) is 73.2 Å². The number of thioether (sulfide) groups is 1. The zero-order chi connectivity index (χ0) is 14.7. The van der Waals surface area contributed by atoms with Crippen LogP contribution in [0, 0.1) is 0 Å². The zero-order valence-electron chi connectivity index (χ0n) is 11.2. The van der Waals surface area contributed by atoms with Crippen molar-refractivity contribution in [3.05, 3.63) is 22.7 Å². The number of rotatable bonds is 4. The monoisotopic (exact) mass is 299 g/mol. The Balaban J connectivity index is 2.17. The second-order valence-corrected chi connectivity index (χ2v) is 5.96. The Morgan fingerprint density at radius 3 is 3.10 bits per heavy atom. The number of amides is 1. The van der Waals surface area contributed by atoms with Crippen molar-refractivity contribution in [3.63, 3.8) is 0 Å².